The maximum absolute atomic E-state index is 4.34. The van der Waals surface area contributed by atoms with Crippen LogP contribution in [0.5, 0.6) is 0 Å². The van der Waals surface area contributed by atoms with Crippen LogP contribution in [0.2, 0.25) is 0 Å². The van der Waals surface area contributed by atoms with Gasteiger partial charge in [-0.3, -0.25) is 4.98 Å². The molecule has 106 valence electrons. The zero-order valence-electron chi connectivity index (χ0n) is 12.3. The summed E-state index contributed by atoms with van der Waals surface area (Å²) in [6, 6.07) is 10.6. The van der Waals surface area contributed by atoms with Crippen LogP contribution >= 0.6 is 0 Å². The molecule has 0 radical (unpaired) electrons. The van der Waals surface area contributed by atoms with Crippen molar-refractivity contribution in [3.05, 3.63) is 54.7 Å². The number of pyridine rings is 1. The highest BCUT2D eigenvalue weighted by molar-refractivity contribution is 5.78. The molecule has 1 aromatic heterocycles. The summed E-state index contributed by atoms with van der Waals surface area (Å²) in [5.41, 5.74) is 2.38. The van der Waals surface area contributed by atoms with Crippen LogP contribution in [0.1, 0.15) is 31.7 Å². The van der Waals surface area contributed by atoms with Crippen molar-refractivity contribution < 1.29 is 0 Å². The summed E-state index contributed by atoms with van der Waals surface area (Å²) in [5.74, 6) is 0.765. The molecule has 20 heavy (non-hydrogen) atoms. The van der Waals surface area contributed by atoms with Crippen molar-refractivity contribution >= 4 is 10.9 Å². The summed E-state index contributed by atoms with van der Waals surface area (Å²) in [4.78, 5) is 4.34. The fourth-order valence-electron chi connectivity index (χ4n) is 2.50. The highest BCUT2D eigenvalue weighted by Crippen LogP contribution is 2.14. The molecule has 2 nitrogen and oxygen atoms in total. The average Bonchev–Trinajstić information content (AvgIpc) is 2.50. The maximum Gasteiger partial charge on any atom is 0.0702 e. The van der Waals surface area contributed by atoms with Crippen LogP contribution < -0.4 is 5.32 Å². The van der Waals surface area contributed by atoms with Gasteiger partial charge in [0.25, 0.3) is 0 Å². The van der Waals surface area contributed by atoms with Gasteiger partial charge in [-0.2, -0.15) is 0 Å². The Hall–Kier alpha value is -1.67. The van der Waals surface area contributed by atoms with Gasteiger partial charge in [0.2, 0.25) is 0 Å². The molecule has 0 fully saturated rings. The molecular weight excluding hydrogens is 244 g/mol. The summed E-state index contributed by atoms with van der Waals surface area (Å²) >= 11 is 0. The lowest BCUT2D eigenvalue weighted by molar-refractivity contribution is 0.456. The Bertz CT molecular complexity index is 548. The Labute approximate surface area is 121 Å². The second kappa shape index (κ2) is 7.81. The lowest BCUT2D eigenvalue weighted by Gasteiger charge is -2.13. The molecule has 2 rings (SSSR count). The van der Waals surface area contributed by atoms with Crippen LogP contribution in [-0.4, -0.2) is 11.5 Å². The first kappa shape index (κ1) is 14.7. The third-order valence-electron chi connectivity index (χ3n) is 3.80. The minimum Gasteiger partial charge on any atom is -0.313 e. The Morgan fingerprint density at radius 2 is 2.25 bits per heavy atom. The number of hydrogen-bond donors (Lipinski definition) is 1. The van der Waals surface area contributed by atoms with E-state index < -0.39 is 0 Å². The quantitative estimate of drug-likeness (QED) is 0.570. The number of rotatable bonds is 8. The largest absolute Gasteiger partial charge is 0.313 e. The van der Waals surface area contributed by atoms with Crippen molar-refractivity contribution in [1.29, 1.82) is 0 Å². The molecule has 1 unspecified atom stereocenters. The number of hydrogen-bond acceptors (Lipinski definition) is 2. The van der Waals surface area contributed by atoms with Crippen molar-refractivity contribution in [2.45, 2.75) is 32.7 Å². The van der Waals surface area contributed by atoms with Crippen LogP contribution in [0.3, 0.4) is 0 Å². The van der Waals surface area contributed by atoms with Crippen molar-refractivity contribution in [3.63, 3.8) is 0 Å². The minimum atomic E-state index is 0.765. The normalized spacial score (nSPS) is 12.4. The molecule has 1 aromatic carbocycles. The van der Waals surface area contributed by atoms with Crippen LogP contribution in [0.4, 0.5) is 0 Å². The van der Waals surface area contributed by atoms with E-state index in [0.29, 0.717) is 0 Å². The third kappa shape index (κ3) is 4.17. The van der Waals surface area contributed by atoms with Gasteiger partial charge in [0.1, 0.15) is 0 Å². The smallest absolute Gasteiger partial charge is 0.0702 e. The van der Waals surface area contributed by atoms with Gasteiger partial charge in [-0.05, 0) is 49.1 Å². The Morgan fingerprint density at radius 1 is 1.35 bits per heavy atom. The Kier molecular flexibility index (Phi) is 5.75. The van der Waals surface area contributed by atoms with Crippen LogP contribution in [-0.2, 0) is 6.54 Å². The standard InChI is InChI=1S/C18H24N2/c1-3-6-15(4-2)10-12-19-14-16-8-9-18-17(13-16)7-5-11-20-18/h3,5,7-9,11,13,15,19H,1,4,6,10,12,14H2,2H3. The van der Waals surface area contributed by atoms with E-state index in [9.17, 15) is 0 Å². The van der Waals surface area contributed by atoms with Gasteiger partial charge in [-0.1, -0.05) is 31.6 Å². The van der Waals surface area contributed by atoms with E-state index in [1.165, 1.54) is 23.8 Å². The van der Waals surface area contributed by atoms with Gasteiger partial charge in [-0.15, -0.1) is 6.58 Å². The van der Waals surface area contributed by atoms with Gasteiger partial charge in [0, 0.05) is 18.1 Å². The topological polar surface area (TPSA) is 24.9 Å². The van der Waals surface area contributed by atoms with Gasteiger partial charge in [-0.25, -0.2) is 0 Å². The lowest BCUT2D eigenvalue weighted by atomic mass is 9.98. The number of nitrogens with zero attached hydrogens (tertiary/aromatic N) is 1. The Balaban J connectivity index is 1.82. The van der Waals surface area contributed by atoms with Gasteiger partial charge in [0.05, 0.1) is 5.52 Å². The SMILES string of the molecule is C=CCC(CC)CCNCc1ccc2ncccc2c1. The molecule has 0 aliphatic heterocycles. The molecule has 0 saturated heterocycles. The molecule has 0 saturated carbocycles. The molecule has 0 spiro atoms. The monoisotopic (exact) mass is 268 g/mol. The summed E-state index contributed by atoms with van der Waals surface area (Å²) in [7, 11) is 0. The average molecular weight is 268 g/mol. The molecular formula is C18H24N2. The predicted octanol–water partition coefficient (Wildman–Crippen LogP) is 4.32. The number of fused-ring (bicyclic) bond motifs is 1. The molecule has 2 heteroatoms. The zero-order valence-corrected chi connectivity index (χ0v) is 12.3. The van der Waals surface area contributed by atoms with E-state index in [1.807, 2.05) is 18.3 Å². The highest BCUT2D eigenvalue weighted by atomic mass is 14.8. The van der Waals surface area contributed by atoms with Gasteiger partial charge >= 0.3 is 0 Å². The first-order valence-corrected chi connectivity index (χ1v) is 7.48. The number of nitrogens with one attached hydrogen (secondary N) is 1. The van der Waals surface area contributed by atoms with Crippen LogP contribution in [0, 0.1) is 5.92 Å². The van der Waals surface area contributed by atoms with Gasteiger partial charge < -0.3 is 5.32 Å². The van der Waals surface area contributed by atoms with Crippen LogP contribution in [0.25, 0.3) is 10.9 Å². The summed E-state index contributed by atoms with van der Waals surface area (Å²) in [6.45, 7) is 8.07. The zero-order chi connectivity index (χ0) is 14.2. The maximum atomic E-state index is 4.34. The number of benzene rings is 1. The molecule has 0 aliphatic carbocycles. The molecule has 1 heterocycles. The molecule has 1 atom stereocenters. The summed E-state index contributed by atoms with van der Waals surface area (Å²) < 4.78 is 0. The van der Waals surface area contributed by atoms with E-state index in [-0.39, 0.29) is 0 Å². The van der Waals surface area contributed by atoms with E-state index in [2.05, 4.69) is 48.1 Å². The number of aromatic nitrogens is 1. The fourth-order valence-corrected chi connectivity index (χ4v) is 2.50. The lowest BCUT2D eigenvalue weighted by Crippen LogP contribution is -2.17. The van der Waals surface area contributed by atoms with Crippen molar-refractivity contribution in [1.82, 2.24) is 10.3 Å². The summed E-state index contributed by atoms with van der Waals surface area (Å²) in [5, 5.41) is 4.75. The van der Waals surface area contributed by atoms with E-state index in [4.69, 9.17) is 0 Å². The molecule has 1 N–H and O–H groups in total. The Morgan fingerprint density at radius 3 is 3.05 bits per heavy atom. The second-order valence-electron chi connectivity index (χ2n) is 5.29. The van der Waals surface area contributed by atoms with E-state index in [0.717, 1.165) is 30.9 Å². The summed E-state index contributed by atoms with van der Waals surface area (Å²) in [6.07, 6.45) is 7.45. The molecule has 0 aliphatic rings. The van der Waals surface area contributed by atoms with Crippen molar-refractivity contribution in [2.24, 2.45) is 5.92 Å². The highest BCUT2D eigenvalue weighted by Gasteiger charge is 2.03. The number of allylic oxidation sites excluding steroid dienone is 1. The first-order valence-electron chi connectivity index (χ1n) is 7.48. The van der Waals surface area contributed by atoms with Crippen molar-refractivity contribution in [2.75, 3.05) is 6.54 Å². The molecule has 2 aromatic rings. The minimum absolute atomic E-state index is 0.765. The fraction of sp³-hybridized carbons (Fsp3) is 0.389. The van der Waals surface area contributed by atoms with Crippen molar-refractivity contribution in [3.8, 4) is 0 Å². The van der Waals surface area contributed by atoms with Crippen LogP contribution in [0.15, 0.2) is 49.2 Å². The predicted molar refractivity (Wildman–Crippen MR) is 86.7 cm³/mol. The van der Waals surface area contributed by atoms with Gasteiger partial charge in [0.15, 0.2) is 0 Å². The van der Waals surface area contributed by atoms with E-state index in [1.54, 1.807) is 0 Å². The molecule has 0 bridgehead atoms. The molecule has 0 amide bonds. The second-order valence-corrected chi connectivity index (χ2v) is 5.29. The van der Waals surface area contributed by atoms with E-state index >= 15 is 0 Å². The first-order chi connectivity index (χ1) is 9.83. The third-order valence-corrected chi connectivity index (χ3v) is 3.80.